The van der Waals surface area contributed by atoms with Crippen molar-refractivity contribution in [2.45, 2.75) is 39.4 Å². The highest BCUT2D eigenvalue weighted by Crippen LogP contribution is 2.34. The Labute approximate surface area is 182 Å². The van der Waals surface area contributed by atoms with Gasteiger partial charge in [0.15, 0.2) is 0 Å². The molecule has 0 heterocycles. The smallest absolute Gasteiger partial charge is 0.340 e. The number of nitrogens with zero attached hydrogens (tertiary/aromatic N) is 1. The molecular weight excluding hydrogens is 429 g/mol. The van der Waals surface area contributed by atoms with Crippen molar-refractivity contribution in [2.75, 3.05) is 5.43 Å². The summed E-state index contributed by atoms with van der Waals surface area (Å²) in [5, 5.41) is 13.8. The van der Waals surface area contributed by atoms with Gasteiger partial charge in [-0.2, -0.15) is 13.2 Å². The fourth-order valence-electron chi connectivity index (χ4n) is 2.95. The Morgan fingerprint density at radius 1 is 1.12 bits per heavy atom. The van der Waals surface area contributed by atoms with Crippen LogP contribution in [0, 0.1) is 23.0 Å². The van der Waals surface area contributed by atoms with Crippen molar-refractivity contribution >= 4 is 23.2 Å². The molecule has 0 aliphatic heterocycles. The largest absolute Gasteiger partial charge is 0.416 e. The molecule has 0 spiro atoms. The number of anilines is 1. The summed E-state index contributed by atoms with van der Waals surface area (Å²) in [6, 6.07) is 7.72. The van der Waals surface area contributed by atoms with Crippen molar-refractivity contribution in [3.8, 4) is 0 Å². The van der Waals surface area contributed by atoms with Crippen molar-refractivity contribution in [2.24, 2.45) is 5.92 Å². The van der Waals surface area contributed by atoms with Crippen molar-refractivity contribution in [3.63, 3.8) is 0 Å². The Morgan fingerprint density at radius 3 is 2.34 bits per heavy atom. The third kappa shape index (κ3) is 6.43. The molecule has 0 radical (unpaired) electrons. The number of halogens is 3. The van der Waals surface area contributed by atoms with Gasteiger partial charge in [-0.15, -0.1) is 0 Å². The van der Waals surface area contributed by atoms with E-state index in [0.29, 0.717) is 23.3 Å². The number of aryl methyl sites for hydroxylation is 1. The topological polar surface area (TPSA) is 113 Å². The van der Waals surface area contributed by atoms with E-state index in [4.69, 9.17) is 0 Å². The molecule has 1 unspecified atom stereocenters. The molecule has 0 saturated heterocycles. The van der Waals surface area contributed by atoms with Gasteiger partial charge in [0, 0.05) is 11.6 Å². The van der Waals surface area contributed by atoms with E-state index in [1.807, 2.05) is 13.8 Å². The number of nitrogens with one attached hydrogen (secondary N) is 3. The lowest BCUT2D eigenvalue weighted by Gasteiger charge is -2.21. The van der Waals surface area contributed by atoms with Crippen LogP contribution >= 0.6 is 0 Å². The molecule has 2 aromatic rings. The minimum Gasteiger partial charge on any atom is -0.340 e. The monoisotopic (exact) mass is 452 g/mol. The van der Waals surface area contributed by atoms with Crippen LogP contribution in [0.3, 0.4) is 0 Å². The molecule has 0 aliphatic rings. The zero-order valence-corrected chi connectivity index (χ0v) is 17.6. The zero-order chi connectivity index (χ0) is 24.1. The number of alkyl halides is 3. The van der Waals surface area contributed by atoms with Crippen LogP contribution in [0.1, 0.15) is 41.8 Å². The molecule has 2 rings (SSSR count). The molecule has 0 aromatic heterocycles. The van der Waals surface area contributed by atoms with Crippen LogP contribution < -0.4 is 16.2 Å². The van der Waals surface area contributed by atoms with Crippen molar-refractivity contribution in [1.29, 1.82) is 0 Å². The predicted octanol–water partition coefficient (Wildman–Crippen LogP) is 4.21. The highest BCUT2D eigenvalue weighted by atomic mass is 19.4. The molecule has 0 saturated carbocycles. The van der Waals surface area contributed by atoms with Gasteiger partial charge in [-0.3, -0.25) is 30.6 Å². The number of carbonyl (C=O) groups is 2. The van der Waals surface area contributed by atoms with Crippen molar-refractivity contribution in [3.05, 3.63) is 69.3 Å². The zero-order valence-electron chi connectivity index (χ0n) is 17.6. The SMILES string of the molecule is Cc1ccccc1C(=O)NC(CC(C)C)C(=O)NNc1ccc(C(F)(F)F)cc1[N+](=O)[O-]. The second-order valence-electron chi connectivity index (χ2n) is 7.57. The number of hydrogen-bond donors (Lipinski definition) is 3. The first-order valence-electron chi connectivity index (χ1n) is 9.68. The van der Waals surface area contributed by atoms with Crippen LogP contribution in [0.15, 0.2) is 42.5 Å². The Kier molecular flexibility index (Phi) is 7.79. The van der Waals surface area contributed by atoms with Gasteiger partial charge in [0.2, 0.25) is 0 Å². The number of rotatable bonds is 8. The molecule has 0 bridgehead atoms. The van der Waals surface area contributed by atoms with E-state index >= 15 is 0 Å². The normalized spacial score (nSPS) is 12.2. The van der Waals surface area contributed by atoms with E-state index in [2.05, 4.69) is 16.2 Å². The Balaban J connectivity index is 2.18. The predicted molar refractivity (Wildman–Crippen MR) is 112 cm³/mol. The third-order valence-electron chi connectivity index (χ3n) is 4.56. The number of hydrogen-bond acceptors (Lipinski definition) is 5. The first-order chi connectivity index (χ1) is 14.9. The standard InChI is InChI=1S/C21H23F3N4O4/c1-12(2)10-17(25-19(29)15-7-5-4-6-13(15)3)20(30)27-26-16-9-8-14(21(22,23)24)11-18(16)28(31)32/h4-9,11-12,17,26H,10H2,1-3H3,(H,25,29)(H,27,30). The second kappa shape index (κ2) is 10.1. The summed E-state index contributed by atoms with van der Waals surface area (Å²) in [4.78, 5) is 35.5. The second-order valence-corrected chi connectivity index (χ2v) is 7.57. The molecule has 1 atom stereocenters. The molecule has 8 nitrogen and oxygen atoms in total. The Bertz CT molecular complexity index is 1010. The maximum Gasteiger partial charge on any atom is 0.416 e. The van der Waals surface area contributed by atoms with E-state index in [0.717, 1.165) is 6.07 Å². The van der Waals surface area contributed by atoms with Crippen LogP contribution in [0.5, 0.6) is 0 Å². The first-order valence-corrected chi connectivity index (χ1v) is 9.68. The lowest BCUT2D eigenvalue weighted by atomic mass is 10.0. The minimum atomic E-state index is -4.76. The van der Waals surface area contributed by atoms with E-state index in [9.17, 15) is 32.9 Å². The molecular formula is C21H23F3N4O4. The van der Waals surface area contributed by atoms with Gasteiger partial charge in [0.25, 0.3) is 17.5 Å². The fraction of sp³-hybridized carbons (Fsp3) is 0.333. The maximum absolute atomic E-state index is 12.8. The van der Waals surface area contributed by atoms with Crippen LogP contribution in [-0.2, 0) is 11.0 Å². The average molecular weight is 452 g/mol. The summed E-state index contributed by atoms with van der Waals surface area (Å²) in [6.45, 7) is 5.43. The number of amides is 2. The summed E-state index contributed by atoms with van der Waals surface area (Å²) >= 11 is 0. The van der Waals surface area contributed by atoms with E-state index in [1.54, 1.807) is 31.2 Å². The van der Waals surface area contributed by atoms with Gasteiger partial charge >= 0.3 is 6.18 Å². The summed E-state index contributed by atoms with van der Waals surface area (Å²) in [5.41, 5.74) is 3.26. The number of benzene rings is 2. The van der Waals surface area contributed by atoms with Gasteiger partial charge in [-0.1, -0.05) is 32.0 Å². The lowest BCUT2D eigenvalue weighted by Crippen LogP contribution is -2.49. The van der Waals surface area contributed by atoms with Crippen LogP contribution in [0.4, 0.5) is 24.5 Å². The summed E-state index contributed by atoms with van der Waals surface area (Å²) in [5.74, 6) is -1.15. The van der Waals surface area contributed by atoms with E-state index in [1.165, 1.54) is 0 Å². The quantitative estimate of drug-likeness (QED) is 0.410. The molecule has 0 aliphatic carbocycles. The molecule has 11 heteroatoms. The molecule has 172 valence electrons. The van der Waals surface area contributed by atoms with Crippen molar-refractivity contribution in [1.82, 2.24) is 10.7 Å². The van der Waals surface area contributed by atoms with Crippen molar-refractivity contribution < 1.29 is 27.7 Å². The summed E-state index contributed by atoms with van der Waals surface area (Å²) < 4.78 is 38.5. The number of carbonyl (C=O) groups excluding carboxylic acids is 2. The van der Waals surface area contributed by atoms with Gasteiger partial charge in [0.1, 0.15) is 11.7 Å². The van der Waals surface area contributed by atoms with Gasteiger partial charge in [-0.05, 0) is 43.0 Å². The van der Waals surface area contributed by atoms with Gasteiger partial charge < -0.3 is 5.32 Å². The fourth-order valence-corrected chi connectivity index (χ4v) is 2.95. The highest BCUT2D eigenvalue weighted by Gasteiger charge is 2.33. The summed E-state index contributed by atoms with van der Waals surface area (Å²) in [7, 11) is 0. The van der Waals surface area contributed by atoms with E-state index < -0.39 is 40.2 Å². The molecule has 2 aromatic carbocycles. The Hall–Kier alpha value is -3.63. The van der Waals surface area contributed by atoms with Gasteiger partial charge in [0.05, 0.1) is 10.5 Å². The molecule has 3 N–H and O–H groups in total. The molecule has 0 fully saturated rings. The number of hydrazine groups is 1. The third-order valence-corrected chi connectivity index (χ3v) is 4.56. The average Bonchev–Trinajstić information content (AvgIpc) is 2.70. The molecule has 2 amide bonds. The molecule has 32 heavy (non-hydrogen) atoms. The number of nitro groups is 1. The van der Waals surface area contributed by atoms with Crippen LogP contribution in [0.25, 0.3) is 0 Å². The Morgan fingerprint density at radius 2 is 1.78 bits per heavy atom. The minimum absolute atomic E-state index is 0.0170. The maximum atomic E-state index is 12.8. The van der Waals surface area contributed by atoms with Crippen LogP contribution in [0.2, 0.25) is 0 Å². The lowest BCUT2D eigenvalue weighted by molar-refractivity contribution is -0.384. The van der Waals surface area contributed by atoms with Crippen LogP contribution in [-0.4, -0.2) is 22.8 Å². The van der Waals surface area contributed by atoms with E-state index in [-0.39, 0.29) is 18.0 Å². The highest BCUT2D eigenvalue weighted by molar-refractivity contribution is 5.98. The summed E-state index contributed by atoms with van der Waals surface area (Å²) in [6.07, 6.45) is -4.49. The first kappa shape index (κ1) is 24.6. The van der Waals surface area contributed by atoms with Gasteiger partial charge in [-0.25, -0.2) is 0 Å². The number of nitro benzene ring substituents is 1.